The molecule has 2 heterocycles. The molecule has 1 N–H and O–H groups in total. The maximum Gasteiger partial charge on any atom is 0.244 e. The lowest BCUT2D eigenvalue weighted by molar-refractivity contribution is -0.124. The van der Waals surface area contributed by atoms with E-state index in [1.165, 1.54) is 6.33 Å². The number of carbonyl (C=O) groups excluding carboxylic acids is 1. The molecule has 0 bridgehead atoms. The van der Waals surface area contributed by atoms with Crippen molar-refractivity contribution in [3.05, 3.63) is 30.1 Å². The molecule has 1 amide bonds. The molecular weight excluding hydrogens is 268 g/mol. The third-order valence-electron chi connectivity index (χ3n) is 3.43. The van der Waals surface area contributed by atoms with Crippen molar-refractivity contribution in [2.75, 3.05) is 6.54 Å². The van der Waals surface area contributed by atoms with Crippen LogP contribution in [0, 0.1) is 19.8 Å². The van der Waals surface area contributed by atoms with Crippen molar-refractivity contribution in [2.45, 2.75) is 40.3 Å². The van der Waals surface area contributed by atoms with Crippen LogP contribution in [0.15, 0.2) is 18.7 Å². The van der Waals surface area contributed by atoms with Crippen LogP contribution in [0.5, 0.6) is 0 Å². The third kappa shape index (κ3) is 3.90. The van der Waals surface area contributed by atoms with Crippen LogP contribution in [0.4, 0.5) is 0 Å². The molecule has 21 heavy (non-hydrogen) atoms. The zero-order chi connectivity index (χ0) is 15.4. The molecule has 2 aromatic heterocycles. The normalized spacial score (nSPS) is 13.9. The Morgan fingerprint density at radius 3 is 2.71 bits per heavy atom. The minimum absolute atomic E-state index is 0.0549. The average molecular weight is 290 g/mol. The van der Waals surface area contributed by atoms with Crippen LogP contribution in [0.2, 0.25) is 0 Å². The summed E-state index contributed by atoms with van der Waals surface area (Å²) in [6.07, 6.45) is 2.97. The summed E-state index contributed by atoms with van der Waals surface area (Å²) in [5.74, 6) is 0.246. The largest absolute Gasteiger partial charge is 0.354 e. The summed E-state index contributed by atoms with van der Waals surface area (Å²) in [6.45, 7) is 9.31. The van der Waals surface area contributed by atoms with Gasteiger partial charge in [0.1, 0.15) is 18.7 Å². The lowest BCUT2D eigenvalue weighted by Crippen LogP contribution is -2.35. The van der Waals surface area contributed by atoms with E-state index in [9.17, 15) is 4.79 Å². The second-order valence-corrected chi connectivity index (χ2v) is 5.51. The van der Waals surface area contributed by atoms with Crippen molar-refractivity contribution in [3.8, 4) is 0 Å². The molecule has 0 aliphatic heterocycles. The first-order valence-electron chi connectivity index (χ1n) is 7.10. The third-order valence-corrected chi connectivity index (χ3v) is 3.43. The first-order chi connectivity index (χ1) is 9.97. The Bertz CT molecular complexity index is 589. The maximum absolute atomic E-state index is 12.0. The number of rotatable bonds is 6. The molecule has 2 aromatic rings. The number of nitrogens with one attached hydrogen (secondary N) is 1. The molecule has 0 aromatic carbocycles. The van der Waals surface area contributed by atoms with Gasteiger partial charge in [-0.2, -0.15) is 10.2 Å². The van der Waals surface area contributed by atoms with Crippen LogP contribution < -0.4 is 5.32 Å². The van der Waals surface area contributed by atoms with E-state index in [1.54, 1.807) is 17.9 Å². The SMILES string of the molecule is Cc1cc(C)n(C[C@@H](C)CNC(=O)[C@H](C)n2cncn2)n1. The monoisotopic (exact) mass is 290 g/mol. The van der Waals surface area contributed by atoms with Gasteiger partial charge in [-0.15, -0.1) is 0 Å². The van der Waals surface area contributed by atoms with Gasteiger partial charge in [-0.1, -0.05) is 6.92 Å². The number of aryl methyl sites for hydroxylation is 2. The number of nitrogens with zero attached hydrogens (tertiary/aromatic N) is 5. The van der Waals surface area contributed by atoms with E-state index in [4.69, 9.17) is 0 Å². The topological polar surface area (TPSA) is 77.6 Å². The van der Waals surface area contributed by atoms with Crippen molar-refractivity contribution < 1.29 is 4.79 Å². The highest BCUT2D eigenvalue weighted by Gasteiger charge is 2.16. The molecule has 0 aliphatic rings. The van der Waals surface area contributed by atoms with Crippen LogP contribution >= 0.6 is 0 Å². The summed E-state index contributed by atoms with van der Waals surface area (Å²) in [4.78, 5) is 15.9. The van der Waals surface area contributed by atoms with Gasteiger partial charge < -0.3 is 5.32 Å². The van der Waals surface area contributed by atoms with Crippen molar-refractivity contribution in [1.82, 2.24) is 29.9 Å². The smallest absolute Gasteiger partial charge is 0.244 e. The lowest BCUT2D eigenvalue weighted by atomic mass is 10.1. The van der Waals surface area contributed by atoms with Crippen molar-refractivity contribution in [1.29, 1.82) is 0 Å². The molecule has 114 valence electrons. The molecule has 0 spiro atoms. The van der Waals surface area contributed by atoms with Gasteiger partial charge in [0.2, 0.25) is 5.91 Å². The standard InChI is InChI=1S/C14H22N6O/c1-10(7-19-12(3)5-11(2)18-19)6-16-14(21)13(4)20-9-15-8-17-20/h5,8-10,13H,6-7H2,1-4H3,(H,16,21)/t10-,13-/m0/s1. The van der Waals surface area contributed by atoms with Crippen molar-refractivity contribution >= 4 is 5.91 Å². The van der Waals surface area contributed by atoms with Crippen LogP contribution in [0.3, 0.4) is 0 Å². The fourth-order valence-corrected chi connectivity index (χ4v) is 2.18. The van der Waals surface area contributed by atoms with E-state index in [-0.39, 0.29) is 11.9 Å². The number of aromatic nitrogens is 5. The van der Waals surface area contributed by atoms with Gasteiger partial charge >= 0.3 is 0 Å². The molecule has 0 saturated carbocycles. The second kappa shape index (κ2) is 6.51. The minimum Gasteiger partial charge on any atom is -0.354 e. The Kier molecular flexibility index (Phi) is 4.72. The lowest BCUT2D eigenvalue weighted by Gasteiger charge is -2.16. The van der Waals surface area contributed by atoms with E-state index >= 15 is 0 Å². The zero-order valence-corrected chi connectivity index (χ0v) is 12.9. The van der Waals surface area contributed by atoms with E-state index in [1.807, 2.05) is 18.5 Å². The average Bonchev–Trinajstić information content (AvgIpc) is 3.06. The first-order valence-corrected chi connectivity index (χ1v) is 7.10. The Morgan fingerprint density at radius 1 is 1.38 bits per heavy atom. The Balaban J connectivity index is 1.82. The Morgan fingerprint density at radius 2 is 2.14 bits per heavy atom. The fraction of sp³-hybridized carbons (Fsp3) is 0.571. The molecule has 0 unspecified atom stereocenters. The van der Waals surface area contributed by atoms with Crippen molar-refractivity contribution in [2.24, 2.45) is 5.92 Å². The van der Waals surface area contributed by atoms with Gasteiger partial charge in [0.05, 0.1) is 5.69 Å². The Labute approximate surface area is 124 Å². The van der Waals surface area contributed by atoms with Gasteiger partial charge in [0.25, 0.3) is 0 Å². The van der Waals surface area contributed by atoms with Crippen LogP contribution in [-0.2, 0) is 11.3 Å². The van der Waals surface area contributed by atoms with E-state index in [2.05, 4.69) is 33.5 Å². The van der Waals surface area contributed by atoms with Crippen molar-refractivity contribution in [3.63, 3.8) is 0 Å². The predicted molar refractivity (Wildman–Crippen MR) is 78.6 cm³/mol. The maximum atomic E-state index is 12.0. The van der Waals surface area contributed by atoms with E-state index in [0.29, 0.717) is 12.5 Å². The molecule has 0 aliphatic carbocycles. The summed E-state index contributed by atoms with van der Waals surface area (Å²) >= 11 is 0. The summed E-state index contributed by atoms with van der Waals surface area (Å²) in [7, 11) is 0. The fourth-order valence-electron chi connectivity index (χ4n) is 2.18. The highest BCUT2D eigenvalue weighted by atomic mass is 16.2. The molecule has 0 saturated heterocycles. The summed E-state index contributed by atoms with van der Waals surface area (Å²) in [5.41, 5.74) is 2.16. The number of carbonyl (C=O) groups is 1. The quantitative estimate of drug-likeness (QED) is 0.864. The number of hydrogen-bond donors (Lipinski definition) is 1. The van der Waals surface area contributed by atoms with Gasteiger partial charge in [-0.25, -0.2) is 9.67 Å². The highest BCUT2D eigenvalue weighted by molar-refractivity contribution is 5.79. The summed E-state index contributed by atoms with van der Waals surface area (Å²) in [5, 5.41) is 11.4. The van der Waals surface area contributed by atoms with Gasteiger partial charge in [-0.3, -0.25) is 9.48 Å². The highest BCUT2D eigenvalue weighted by Crippen LogP contribution is 2.07. The number of hydrogen-bond acceptors (Lipinski definition) is 4. The molecule has 7 heteroatoms. The number of amides is 1. The van der Waals surface area contributed by atoms with E-state index < -0.39 is 0 Å². The summed E-state index contributed by atoms with van der Waals surface area (Å²) < 4.78 is 3.52. The van der Waals surface area contributed by atoms with Gasteiger partial charge in [0.15, 0.2) is 0 Å². The summed E-state index contributed by atoms with van der Waals surface area (Å²) in [6, 6.07) is 1.70. The van der Waals surface area contributed by atoms with Crippen LogP contribution in [0.25, 0.3) is 0 Å². The molecule has 0 radical (unpaired) electrons. The Hall–Kier alpha value is -2.18. The minimum atomic E-state index is -0.353. The van der Waals surface area contributed by atoms with Gasteiger partial charge in [0, 0.05) is 18.8 Å². The molecule has 7 nitrogen and oxygen atoms in total. The van der Waals surface area contributed by atoms with E-state index in [0.717, 1.165) is 17.9 Å². The zero-order valence-electron chi connectivity index (χ0n) is 12.9. The predicted octanol–water partition coefficient (Wildman–Crippen LogP) is 1.10. The molecule has 2 atom stereocenters. The second-order valence-electron chi connectivity index (χ2n) is 5.51. The molecule has 0 fully saturated rings. The molecule has 2 rings (SSSR count). The van der Waals surface area contributed by atoms with Crippen LogP contribution in [-0.4, -0.2) is 37.0 Å². The van der Waals surface area contributed by atoms with Gasteiger partial charge in [-0.05, 0) is 32.8 Å². The first kappa shape index (κ1) is 15.2. The molecular formula is C14H22N6O. The van der Waals surface area contributed by atoms with Crippen LogP contribution in [0.1, 0.15) is 31.3 Å².